The van der Waals surface area contributed by atoms with Crippen LogP contribution in [0.3, 0.4) is 0 Å². The number of ketones is 1. The molecule has 0 aliphatic rings. The first-order chi connectivity index (χ1) is 8.83. The topological polar surface area (TPSA) is 43.1 Å². The smallest absolute Gasteiger partial charge is 0.195 e. The van der Waals surface area contributed by atoms with Gasteiger partial charge < -0.3 is 4.42 Å². The van der Waals surface area contributed by atoms with Crippen molar-refractivity contribution in [2.75, 3.05) is 0 Å². The minimum atomic E-state index is 0.109. The summed E-state index contributed by atoms with van der Waals surface area (Å²) in [4.78, 5) is 16.5. The minimum absolute atomic E-state index is 0.109. The van der Waals surface area contributed by atoms with E-state index in [1.165, 1.54) is 12.8 Å². The molecule has 1 aromatic heterocycles. The van der Waals surface area contributed by atoms with E-state index in [0.717, 1.165) is 19.3 Å². The standard InChI is InChI=1S/C16H27NO2/c1-6-7-8-9-14-17-15(12(2)19-14)13(18)10-11-16(3,4)5/h6-11H2,1-5H3. The van der Waals surface area contributed by atoms with Gasteiger partial charge in [-0.1, -0.05) is 40.5 Å². The zero-order valence-corrected chi connectivity index (χ0v) is 13.0. The van der Waals surface area contributed by atoms with Crippen molar-refractivity contribution in [3.63, 3.8) is 0 Å². The molecule has 19 heavy (non-hydrogen) atoms. The SMILES string of the molecule is CCCCCc1nc(C(=O)CCC(C)(C)C)c(C)o1. The molecule has 0 spiro atoms. The number of hydrogen-bond acceptors (Lipinski definition) is 3. The van der Waals surface area contributed by atoms with Gasteiger partial charge >= 0.3 is 0 Å². The molecule has 0 aliphatic heterocycles. The molecule has 0 aromatic carbocycles. The Hall–Kier alpha value is -1.12. The van der Waals surface area contributed by atoms with Gasteiger partial charge in [0.15, 0.2) is 11.7 Å². The van der Waals surface area contributed by atoms with E-state index in [1.807, 2.05) is 6.92 Å². The molecule has 0 saturated carbocycles. The highest BCUT2D eigenvalue weighted by molar-refractivity contribution is 5.95. The number of aromatic nitrogens is 1. The molecule has 1 rings (SSSR count). The van der Waals surface area contributed by atoms with Crippen LogP contribution in [0.1, 0.15) is 81.9 Å². The van der Waals surface area contributed by atoms with Crippen molar-refractivity contribution < 1.29 is 9.21 Å². The van der Waals surface area contributed by atoms with Crippen LogP contribution >= 0.6 is 0 Å². The molecule has 0 atom stereocenters. The summed E-state index contributed by atoms with van der Waals surface area (Å²) in [6, 6.07) is 0. The van der Waals surface area contributed by atoms with Gasteiger partial charge in [0.25, 0.3) is 0 Å². The Morgan fingerprint density at radius 1 is 1.26 bits per heavy atom. The maximum atomic E-state index is 12.1. The molecule has 1 aromatic rings. The fourth-order valence-corrected chi connectivity index (χ4v) is 1.95. The van der Waals surface area contributed by atoms with Crippen LogP contribution in [0.4, 0.5) is 0 Å². The van der Waals surface area contributed by atoms with Crippen LogP contribution in [0.15, 0.2) is 4.42 Å². The molecule has 0 amide bonds. The number of rotatable bonds is 7. The lowest BCUT2D eigenvalue weighted by molar-refractivity contribution is 0.0960. The zero-order chi connectivity index (χ0) is 14.5. The predicted octanol–water partition coefficient (Wildman–Crippen LogP) is 4.72. The molecular formula is C16H27NO2. The van der Waals surface area contributed by atoms with Gasteiger partial charge in [0.05, 0.1) is 0 Å². The molecule has 0 radical (unpaired) electrons. The van der Waals surface area contributed by atoms with Crippen molar-refractivity contribution in [3.8, 4) is 0 Å². The fourth-order valence-electron chi connectivity index (χ4n) is 1.95. The quantitative estimate of drug-likeness (QED) is 0.529. The molecule has 0 bridgehead atoms. The number of oxazole rings is 1. The lowest BCUT2D eigenvalue weighted by Crippen LogP contribution is -2.10. The summed E-state index contributed by atoms with van der Waals surface area (Å²) >= 11 is 0. The van der Waals surface area contributed by atoms with Crippen molar-refractivity contribution in [1.82, 2.24) is 4.98 Å². The lowest BCUT2D eigenvalue weighted by atomic mass is 9.89. The van der Waals surface area contributed by atoms with Crippen LogP contribution in [0, 0.1) is 12.3 Å². The number of hydrogen-bond donors (Lipinski definition) is 0. The van der Waals surface area contributed by atoms with Crippen molar-refractivity contribution >= 4 is 5.78 Å². The summed E-state index contributed by atoms with van der Waals surface area (Å²) in [5.41, 5.74) is 0.716. The van der Waals surface area contributed by atoms with Gasteiger partial charge in [-0.2, -0.15) is 0 Å². The summed E-state index contributed by atoms with van der Waals surface area (Å²) in [7, 11) is 0. The maximum absolute atomic E-state index is 12.1. The Labute approximate surface area is 116 Å². The molecule has 0 fully saturated rings. The summed E-state index contributed by atoms with van der Waals surface area (Å²) in [5, 5.41) is 0. The molecular weight excluding hydrogens is 238 g/mol. The molecule has 3 nitrogen and oxygen atoms in total. The Balaban J connectivity index is 2.60. The van der Waals surface area contributed by atoms with Crippen LogP contribution in [-0.2, 0) is 6.42 Å². The van der Waals surface area contributed by atoms with Crippen LogP contribution in [-0.4, -0.2) is 10.8 Å². The van der Waals surface area contributed by atoms with Crippen LogP contribution in [0.25, 0.3) is 0 Å². The highest BCUT2D eigenvalue weighted by Crippen LogP contribution is 2.23. The highest BCUT2D eigenvalue weighted by atomic mass is 16.4. The second-order valence-corrected chi connectivity index (χ2v) is 6.45. The van der Waals surface area contributed by atoms with E-state index in [-0.39, 0.29) is 11.2 Å². The van der Waals surface area contributed by atoms with E-state index in [9.17, 15) is 4.79 Å². The number of carbonyl (C=O) groups excluding carboxylic acids is 1. The van der Waals surface area contributed by atoms with Crippen LogP contribution in [0.2, 0.25) is 0 Å². The van der Waals surface area contributed by atoms with E-state index < -0.39 is 0 Å². The van der Waals surface area contributed by atoms with Crippen LogP contribution < -0.4 is 0 Å². The number of unbranched alkanes of at least 4 members (excludes halogenated alkanes) is 2. The third kappa shape index (κ3) is 5.58. The summed E-state index contributed by atoms with van der Waals surface area (Å²) < 4.78 is 5.58. The van der Waals surface area contributed by atoms with Crippen molar-refractivity contribution in [3.05, 3.63) is 17.3 Å². The normalized spacial score (nSPS) is 11.8. The molecule has 0 N–H and O–H groups in total. The van der Waals surface area contributed by atoms with E-state index in [0.29, 0.717) is 23.8 Å². The molecule has 0 unspecified atom stereocenters. The Bertz CT molecular complexity index is 413. The molecule has 0 aliphatic carbocycles. The summed E-state index contributed by atoms with van der Waals surface area (Å²) in [5.74, 6) is 1.49. The summed E-state index contributed by atoms with van der Waals surface area (Å²) in [6.07, 6.45) is 5.69. The van der Waals surface area contributed by atoms with Crippen molar-refractivity contribution in [1.29, 1.82) is 0 Å². The van der Waals surface area contributed by atoms with Crippen molar-refractivity contribution in [2.24, 2.45) is 5.41 Å². The Morgan fingerprint density at radius 3 is 2.53 bits per heavy atom. The maximum Gasteiger partial charge on any atom is 0.195 e. The molecule has 3 heteroatoms. The van der Waals surface area contributed by atoms with Gasteiger partial charge in [0.2, 0.25) is 0 Å². The largest absolute Gasteiger partial charge is 0.445 e. The van der Waals surface area contributed by atoms with Crippen molar-refractivity contribution in [2.45, 2.75) is 73.1 Å². The zero-order valence-electron chi connectivity index (χ0n) is 13.0. The van der Waals surface area contributed by atoms with Gasteiger partial charge in [-0.05, 0) is 25.2 Å². The van der Waals surface area contributed by atoms with Gasteiger partial charge in [0, 0.05) is 12.8 Å². The number of aryl methyl sites for hydroxylation is 2. The van der Waals surface area contributed by atoms with Gasteiger partial charge in [-0.3, -0.25) is 4.79 Å². The van der Waals surface area contributed by atoms with Gasteiger partial charge in [-0.15, -0.1) is 0 Å². The van der Waals surface area contributed by atoms with Gasteiger partial charge in [-0.25, -0.2) is 4.98 Å². The van der Waals surface area contributed by atoms with Crippen LogP contribution in [0.5, 0.6) is 0 Å². The highest BCUT2D eigenvalue weighted by Gasteiger charge is 2.19. The second kappa shape index (κ2) is 6.88. The Morgan fingerprint density at radius 2 is 1.95 bits per heavy atom. The second-order valence-electron chi connectivity index (χ2n) is 6.45. The Kier molecular flexibility index (Phi) is 5.77. The van der Waals surface area contributed by atoms with Gasteiger partial charge in [0.1, 0.15) is 11.5 Å². The molecule has 0 saturated heterocycles. The van der Waals surface area contributed by atoms with E-state index in [1.54, 1.807) is 0 Å². The number of Topliss-reactive ketones (excluding diaryl/α,β-unsaturated/α-hetero) is 1. The monoisotopic (exact) mass is 265 g/mol. The first-order valence-corrected chi connectivity index (χ1v) is 7.33. The molecule has 1 heterocycles. The number of nitrogens with zero attached hydrogens (tertiary/aromatic N) is 1. The van der Waals surface area contributed by atoms with E-state index in [4.69, 9.17) is 4.42 Å². The van der Waals surface area contributed by atoms with E-state index in [2.05, 4.69) is 32.7 Å². The average Bonchev–Trinajstić information content (AvgIpc) is 2.67. The first-order valence-electron chi connectivity index (χ1n) is 7.33. The lowest BCUT2D eigenvalue weighted by Gasteiger charge is -2.16. The summed E-state index contributed by atoms with van der Waals surface area (Å²) in [6.45, 7) is 10.4. The predicted molar refractivity (Wildman–Crippen MR) is 77.5 cm³/mol. The fraction of sp³-hybridized carbons (Fsp3) is 0.750. The van der Waals surface area contributed by atoms with E-state index >= 15 is 0 Å². The third-order valence-corrected chi connectivity index (χ3v) is 3.20. The number of carbonyl (C=O) groups is 1. The molecule has 108 valence electrons. The average molecular weight is 265 g/mol. The first kappa shape index (κ1) is 15.9. The minimum Gasteiger partial charge on any atom is -0.445 e. The third-order valence-electron chi connectivity index (χ3n) is 3.20.